The first-order chi connectivity index (χ1) is 12.5. The van der Waals surface area contributed by atoms with Gasteiger partial charge in [0.25, 0.3) is 0 Å². The van der Waals surface area contributed by atoms with E-state index < -0.39 is 16.8 Å². The number of carbonyl (C=O) groups excluding carboxylic acids is 1. The molecule has 0 fully saturated rings. The molecule has 1 atom stereocenters. The molecule has 2 aromatic carbocycles. The molecule has 1 aromatic heterocycles. The zero-order chi connectivity index (χ0) is 18.7. The molecule has 0 saturated carbocycles. The second-order valence-corrected chi connectivity index (χ2v) is 6.92. The van der Waals surface area contributed by atoms with Gasteiger partial charge in [-0.3, -0.25) is 4.21 Å². The summed E-state index contributed by atoms with van der Waals surface area (Å²) in [6.07, 6.45) is 0. The minimum atomic E-state index is -1.45. The summed E-state index contributed by atoms with van der Waals surface area (Å²) in [5, 5.41) is 0.342. The fraction of sp³-hybridized carbons (Fsp3) is 0.222. The van der Waals surface area contributed by atoms with Crippen molar-refractivity contribution in [1.82, 2.24) is 9.97 Å². The summed E-state index contributed by atoms with van der Waals surface area (Å²) in [4.78, 5) is 19.3. The molecule has 3 N–H and O–H groups in total. The highest BCUT2D eigenvalue weighted by atomic mass is 32.2. The number of carbonyl (C=O) groups is 1. The first-order valence-corrected chi connectivity index (χ1v) is 9.31. The van der Waals surface area contributed by atoms with Crippen LogP contribution in [0.2, 0.25) is 0 Å². The summed E-state index contributed by atoms with van der Waals surface area (Å²) < 4.78 is 22.9. The highest BCUT2D eigenvalue weighted by molar-refractivity contribution is 7.84. The van der Waals surface area contributed by atoms with E-state index in [9.17, 15) is 9.00 Å². The molecule has 1 unspecified atom stereocenters. The number of ether oxygens (including phenoxy) is 2. The van der Waals surface area contributed by atoms with Crippen LogP contribution in [-0.2, 0) is 21.3 Å². The van der Waals surface area contributed by atoms with Crippen LogP contribution in [0.1, 0.15) is 22.8 Å². The van der Waals surface area contributed by atoms with E-state index in [-0.39, 0.29) is 12.4 Å². The normalized spacial score (nSPS) is 12.1. The summed E-state index contributed by atoms with van der Waals surface area (Å²) in [6.45, 7) is 2.02. The number of H-pyrrole nitrogens is 1. The number of nitrogen functional groups attached to an aromatic ring is 1. The lowest BCUT2D eigenvalue weighted by Gasteiger charge is -2.07. The second kappa shape index (κ2) is 7.57. The third kappa shape index (κ3) is 3.70. The number of hydrogen-bond donors (Lipinski definition) is 2. The smallest absolute Gasteiger partial charge is 0.338 e. The average Bonchev–Trinajstić information content (AvgIpc) is 3.07. The van der Waals surface area contributed by atoms with Gasteiger partial charge in [0.2, 0.25) is 0 Å². The van der Waals surface area contributed by atoms with E-state index in [1.54, 1.807) is 50.4 Å². The maximum Gasteiger partial charge on any atom is 0.338 e. The van der Waals surface area contributed by atoms with E-state index in [4.69, 9.17) is 15.2 Å². The molecule has 7 nitrogen and oxygen atoms in total. The number of aromatic nitrogens is 2. The van der Waals surface area contributed by atoms with E-state index in [0.717, 1.165) is 5.52 Å². The Morgan fingerprint density at radius 3 is 2.81 bits per heavy atom. The zero-order valence-electron chi connectivity index (χ0n) is 14.4. The van der Waals surface area contributed by atoms with Crippen molar-refractivity contribution in [3.63, 3.8) is 0 Å². The average molecular weight is 373 g/mol. The molecule has 8 heteroatoms. The molecule has 0 bridgehead atoms. The molecular weight excluding hydrogens is 354 g/mol. The van der Waals surface area contributed by atoms with Crippen LogP contribution in [0, 0.1) is 0 Å². The number of imidazole rings is 1. The Hall–Kier alpha value is -2.87. The van der Waals surface area contributed by atoms with Gasteiger partial charge in [0.15, 0.2) is 5.16 Å². The van der Waals surface area contributed by atoms with Gasteiger partial charge < -0.3 is 20.2 Å². The number of esters is 1. The van der Waals surface area contributed by atoms with E-state index in [1.807, 2.05) is 0 Å². The van der Waals surface area contributed by atoms with Gasteiger partial charge in [-0.1, -0.05) is 0 Å². The quantitative estimate of drug-likeness (QED) is 0.508. The summed E-state index contributed by atoms with van der Waals surface area (Å²) in [5.74, 6) is 0.385. The second-order valence-electron chi connectivity index (χ2n) is 5.55. The van der Waals surface area contributed by atoms with Crippen LogP contribution in [0.15, 0.2) is 41.6 Å². The molecule has 136 valence electrons. The van der Waals surface area contributed by atoms with Crippen molar-refractivity contribution in [3.05, 3.63) is 47.5 Å². The van der Waals surface area contributed by atoms with Crippen LogP contribution in [-0.4, -0.2) is 33.9 Å². The van der Waals surface area contributed by atoms with Gasteiger partial charge >= 0.3 is 5.97 Å². The Labute approximate surface area is 153 Å². The monoisotopic (exact) mass is 373 g/mol. The molecule has 0 aliphatic rings. The van der Waals surface area contributed by atoms with E-state index in [0.29, 0.717) is 33.2 Å². The lowest BCUT2D eigenvalue weighted by Crippen LogP contribution is -2.08. The van der Waals surface area contributed by atoms with Crippen LogP contribution in [0.4, 0.5) is 5.69 Å². The minimum absolute atomic E-state index is 0.135. The first kappa shape index (κ1) is 17.9. The summed E-state index contributed by atoms with van der Waals surface area (Å²) in [7, 11) is 0.129. The Morgan fingerprint density at radius 1 is 1.27 bits per heavy atom. The lowest BCUT2D eigenvalue weighted by atomic mass is 10.1. The number of hydrogen-bond acceptors (Lipinski definition) is 6. The number of nitrogens with zero attached hydrogens (tertiary/aromatic N) is 1. The van der Waals surface area contributed by atoms with Crippen molar-refractivity contribution >= 4 is 33.5 Å². The molecule has 0 amide bonds. The summed E-state index contributed by atoms with van der Waals surface area (Å²) in [5.41, 5.74) is 8.85. The minimum Gasteiger partial charge on any atom is -0.497 e. The Bertz CT molecular complexity index is 984. The van der Waals surface area contributed by atoms with Crippen LogP contribution in [0.25, 0.3) is 11.0 Å². The van der Waals surface area contributed by atoms with Gasteiger partial charge in [0, 0.05) is 11.8 Å². The van der Waals surface area contributed by atoms with Crippen molar-refractivity contribution in [2.75, 3.05) is 19.5 Å². The van der Waals surface area contributed by atoms with Crippen LogP contribution >= 0.6 is 0 Å². The van der Waals surface area contributed by atoms with Gasteiger partial charge in [0.05, 0.1) is 46.9 Å². The lowest BCUT2D eigenvalue weighted by molar-refractivity contribution is 0.0526. The maximum atomic E-state index is 12.7. The third-order valence-corrected chi connectivity index (χ3v) is 5.02. The number of benzene rings is 2. The van der Waals surface area contributed by atoms with Gasteiger partial charge in [-0.2, -0.15) is 0 Å². The Morgan fingerprint density at radius 2 is 2.08 bits per heavy atom. The predicted molar refractivity (Wildman–Crippen MR) is 99.6 cm³/mol. The summed E-state index contributed by atoms with van der Waals surface area (Å²) in [6, 6.07) is 10.2. The fourth-order valence-electron chi connectivity index (χ4n) is 2.48. The van der Waals surface area contributed by atoms with Gasteiger partial charge in [-0.25, -0.2) is 9.78 Å². The molecule has 0 spiro atoms. The SMILES string of the molecule is CCOC(=O)c1ccc(N)c(CS(=O)c2nc3ccc(OC)cc3[nH]2)c1. The summed E-state index contributed by atoms with van der Waals surface area (Å²) >= 11 is 0. The number of aromatic amines is 1. The van der Waals surface area contributed by atoms with E-state index in [2.05, 4.69) is 9.97 Å². The highest BCUT2D eigenvalue weighted by Gasteiger charge is 2.15. The third-order valence-electron chi connectivity index (χ3n) is 3.82. The number of fused-ring (bicyclic) bond motifs is 1. The van der Waals surface area contributed by atoms with Crippen LogP contribution in [0.5, 0.6) is 5.75 Å². The zero-order valence-corrected chi connectivity index (χ0v) is 15.3. The maximum absolute atomic E-state index is 12.7. The van der Waals surface area contributed by atoms with E-state index >= 15 is 0 Å². The fourth-order valence-corrected chi connectivity index (χ4v) is 3.58. The topological polar surface area (TPSA) is 107 Å². The van der Waals surface area contributed by atoms with Crippen molar-refractivity contribution in [1.29, 1.82) is 0 Å². The molecule has 3 rings (SSSR count). The number of rotatable bonds is 6. The standard InChI is InChI=1S/C18H19N3O4S/c1-3-25-17(22)11-4-6-14(19)12(8-11)10-26(23)18-20-15-7-5-13(24-2)9-16(15)21-18/h4-9H,3,10,19H2,1-2H3,(H,20,21). The van der Waals surface area contributed by atoms with Gasteiger partial charge in [-0.05, 0) is 42.8 Å². The first-order valence-electron chi connectivity index (χ1n) is 7.99. The van der Waals surface area contributed by atoms with E-state index in [1.165, 1.54) is 0 Å². The largest absolute Gasteiger partial charge is 0.497 e. The number of nitrogens with two attached hydrogens (primary N) is 1. The molecule has 26 heavy (non-hydrogen) atoms. The highest BCUT2D eigenvalue weighted by Crippen LogP contribution is 2.22. The predicted octanol–water partition coefficient (Wildman–Crippen LogP) is 2.64. The molecule has 3 aromatic rings. The van der Waals surface area contributed by atoms with Crippen molar-refractivity contribution in [3.8, 4) is 5.75 Å². The molecule has 0 saturated heterocycles. The number of nitrogens with one attached hydrogen (secondary N) is 1. The number of methoxy groups -OCH3 is 1. The Balaban J connectivity index is 1.85. The molecule has 0 aliphatic carbocycles. The van der Waals surface area contributed by atoms with Crippen molar-refractivity contribution in [2.45, 2.75) is 17.8 Å². The number of anilines is 1. The van der Waals surface area contributed by atoms with Crippen molar-refractivity contribution < 1.29 is 18.5 Å². The molecule has 0 aliphatic heterocycles. The van der Waals surface area contributed by atoms with Crippen LogP contribution < -0.4 is 10.5 Å². The van der Waals surface area contributed by atoms with Crippen LogP contribution in [0.3, 0.4) is 0 Å². The molecule has 1 heterocycles. The Kier molecular flexibility index (Phi) is 5.22. The van der Waals surface area contributed by atoms with Gasteiger partial charge in [0.1, 0.15) is 5.75 Å². The van der Waals surface area contributed by atoms with Crippen molar-refractivity contribution in [2.24, 2.45) is 0 Å². The molecular formula is C18H19N3O4S. The molecule has 0 radical (unpaired) electrons. The van der Waals surface area contributed by atoms with Gasteiger partial charge in [-0.15, -0.1) is 0 Å².